The molecule has 0 unspecified atom stereocenters. The molecule has 2 fully saturated rings. The smallest absolute Gasteiger partial charge is 0.314 e. The van der Waals surface area contributed by atoms with Crippen molar-refractivity contribution in [2.75, 3.05) is 26.2 Å². The van der Waals surface area contributed by atoms with Crippen LogP contribution in [0.4, 0.5) is 9.59 Å². The highest BCUT2D eigenvalue weighted by atomic mass is 16.2. The third-order valence-electron chi connectivity index (χ3n) is 5.08. The predicted octanol–water partition coefficient (Wildman–Crippen LogP) is 1.74. The van der Waals surface area contributed by atoms with Crippen molar-refractivity contribution in [3.8, 4) is 0 Å². The molecule has 6 heteroatoms. The van der Waals surface area contributed by atoms with Gasteiger partial charge in [-0.2, -0.15) is 0 Å². The maximum Gasteiger partial charge on any atom is 0.314 e. The summed E-state index contributed by atoms with van der Waals surface area (Å²) in [6.45, 7) is 3.27. The Morgan fingerprint density at radius 2 is 1.10 bits per heavy atom. The number of hydrogen-bond donors (Lipinski definition) is 2. The molecule has 0 aliphatic carbocycles. The van der Waals surface area contributed by atoms with E-state index in [-0.39, 0.29) is 12.1 Å². The number of primary amides is 2. The first-order chi connectivity index (χ1) is 10.1. The summed E-state index contributed by atoms with van der Waals surface area (Å²) in [7, 11) is 0. The van der Waals surface area contributed by atoms with Crippen LogP contribution in [0.15, 0.2) is 0 Å². The lowest BCUT2D eigenvalue weighted by molar-refractivity contribution is 0.167. The van der Waals surface area contributed by atoms with E-state index in [9.17, 15) is 9.59 Å². The first kappa shape index (κ1) is 15.9. The quantitative estimate of drug-likeness (QED) is 0.827. The Hall–Kier alpha value is -1.46. The Labute approximate surface area is 126 Å². The highest BCUT2D eigenvalue weighted by Crippen LogP contribution is 2.27. The summed E-state index contributed by atoms with van der Waals surface area (Å²) in [6.07, 6.45) is 8.10. The fourth-order valence-corrected chi connectivity index (χ4v) is 3.58. The summed E-state index contributed by atoms with van der Waals surface area (Å²) in [5.74, 6) is 1.48. The summed E-state index contributed by atoms with van der Waals surface area (Å²) < 4.78 is 0. The van der Waals surface area contributed by atoms with Gasteiger partial charge in [0.1, 0.15) is 0 Å². The van der Waals surface area contributed by atoms with E-state index < -0.39 is 0 Å². The molecule has 0 spiro atoms. The highest BCUT2D eigenvalue weighted by molar-refractivity contribution is 5.72. The molecule has 0 aromatic carbocycles. The number of piperidine rings is 2. The van der Waals surface area contributed by atoms with Gasteiger partial charge < -0.3 is 21.3 Å². The van der Waals surface area contributed by atoms with Crippen molar-refractivity contribution in [2.24, 2.45) is 23.3 Å². The highest BCUT2D eigenvalue weighted by Gasteiger charge is 2.23. The van der Waals surface area contributed by atoms with E-state index in [1.807, 2.05) is 0 Å². The molecule has 0 bridgehead atoms. The molecule has 120 valence electrons. The van der Waals surface area contributed by atoms with E-state index in [4.69, 9.17) is 11.5 Å². The topological polar surface area (TPSA) is 92.7 Å². The first-order valence-electron chi connectivity index (χ1n) is 8.15. The van der Waals surface area contributed by atoms with Gasteiger partial charge in [-0.15, -0.1) is 0 Å². The zero-order valence-electron chi connectivity index (χ0n) is 12.8. The molecule has 0 radical (unpaired) electrons. The van der Waals surface area contributed by atoms with E-state index in [0.717, 1.165) is 63.7 Å². The second-order valence-corrected chi connectivity index (χ2v) is 6.47. The maximum atomic E-state index is 11.1. The van der Waals surface area contributed by atoms with Crippen molar-refractivity contribution in [3.63, 3.8) is 0 Å². The van der Waals surface area contributed by atoms with Crippen molar-refractivity contribution >= 4 is 12.1 Å². The van der Waals surface area contributed by atoms with Crippen LogP contribution in [0.3, 0.4) is 0 Å². The Balaban J connectivity index is 1.57. The van der Waals surface area contributed by atoms with Gasteiger partial charge in [0.2, 0.25) is 0 Å². The lowest BCUT2D eigenvalue weighted by atomic mass is 9.87. The Kier molecular flexibility index (Phi) is 5.70. The first-order valence-corrected chi connectivity index (χ1v) is 8.15. The zero-order chi connectivity index (χ0) is 15.2. The van der Waals surface area contributed by atoms with Gasteiger partial charge in [-0.25, -0.2) is 9.59 Å². The van der Waals surface area contributed by atoms with Crippen LogP contribution >= 0.6 is 0 Å². The van der Waals surface area contributed by atoms with E-state index in [1.54, 1.807) is 9.80 Å². The summed E-state index contributed by atoms with van der Waals surface area (Å²) in [4.78, 5) is 25.6. The fourth-order valence-electron chi connectivity index (χ4n) is 3.58. The molecule has 2 heterocycles. The molecule has 21 heavy (non-hydrogen) atoms. The van der Waals surface area contributed by atoms with E-state index in [0.29, 0.717) is 0 Å². The second-order valence-electron chi connectivity index (χ2n) is 6.47. The average molecular weight is 296 g/mol. The molecule has 4 N–H and O–H groups in total. The van der Waals surface area contributed by atoms with Gasteiger partial charge in [0, 0.05) is 26.2 Å². The van der Waals surface area contributed by atoms with Crippen molar-refractivity contribution in [2.45, 2.75) is 44.9 Å². The van der Waals surface area contributed by atoms with Crippen molar-refractivity contribution < 1.29 is 9.59 Å². The van der Waals surface area contributed by atoms with E-state index in [1.165, 1.54) is 19.3 Å². The number of carbonyl (C=O) groups excluding carboxylic acids is 2. The Morgan fingerprint density at radius 1 is 0.762 bits per heavy atom. The largest absolute Gasteiger partial charge is 0.351 e. The van der Waals surface area contributed by atoms with Crippen molar-refractivity contribution in [1.29, 1.82) is 0 Å². The van der Waals surface area contributed by atoms with Crippen LogP contribution in [0.1, 0.15) is 44.9 Å². The molecule has 2 rings (SSSR count). The van der Waals surface area contributed by atoms with E-state index >= 15 is 0 Å². The zero-order valence-corrected chi connectivity index (χ0v) is 12.8. The number of likely N-dealkylation sites (tertiary alicyclic amines) is 2. The van der Waals surface area contributed by atoms with Crippen LogP contribution < -0.4 is 11.5 Å². The molecule has 2 aliphatic heterocycles. The van der Waals surface area contributed by atoms with Crippen LogP contribution in [0.5, 0.6) is 0 Å². The van der Waals surface area contributed by atoms with Crippen LogP contribution in [0, 0.1) is 11.8 Å². The average Bonchev–Trinajstić information content (AvgIpc) is 2.48. The lowest BCUT2D eigenvalue weighted by Crippen LogP contribution is -2.42. The van der Waals surface area contributed by atoms with Crippen molar-refractivity contribution in [3.05, 3.63) is 0 Å². The van der Waals surface area contributed by atoms with Gasteiger partial charge in [-0.05, 0) is 37.5 Å². The Morgan fingerprint density at radius 3 is 1.38 bits per heavy atom. The van der Waals surface area contributed by atoms with Crippen LogP contribution in [0.2, 0.25) is 0 Å². The monoisotopic (exact) mass is 296 g/mol. The number of amides is 4. The van der Waals surface area contributed by atoms with Crippen molar-refractivity contribution in [1.82, 2.24) is 9.80 Å². The molecule has 6 nitrogen and oxygen atoms in total. The molecular formula is C15H28N4O2. The SMILES string of the molecule is NC(=O)N1CCC(CCCC2CCN(C(N)=O)CC2)CC1. The number of carbonyl (C=O) groups is 2. The van der Waals surface area contributed by atoms with Gasteiger partial charge in [0.05, 0.1) is 0 Å². The minimum Gasteiger partial charge on any atom is -0.351 e. The number of rotatable bonds is 4. The minimum absolute atomic E-state index is 0.283. The molecule has 0 aromatic heterocycles. The van der Waals surface area contributed by atoms with Crippen LogP contribution in [0.25, 0.3) is 0 Å². The molecule has 0 atom stereocenters. The number of nitrogens with zero attached hydrogens (tertiary/aromatic N) is 2. The third-order valence-corrected chi connectivity index (χ3v) is 5.08. The summed E-state index contributed by atoms with van der Waals surface area (Å²) in [5.41, 5.74) is 10.6. The molecule has 0 saturated carbocycles. The fraction of sp³-hybridized carbons (Fsp3) is 0.867. The molecule has 2 aliphatic rings. The second kappa shape index (κ2) is 7.52. The summed E-state index contributed by atoms with van der Waals surface area (Å²) >= 11 is 0. The molecule has 2 saturated heterocycles. The number of hydrogen-bond acceptors (Lipinski definition) is 2. The standard InChI is InChI=1S/C15H28N4O2/c16-14(20)18-8-4-12(5-9-18)2-1-3-13-6-10-19(11-7-13)15(17)21/h12-13H,1-11H2,(H2,16,20)(H2,17,21). The van der Waals surface area contributed by atoms with Gasteiger partial charge in [0.25, 0.3) is 0 Å². The predicted molar refractivity (Wildman–Crippen MR) is 81.6 cm³/mol. The van der Waals surface area contributed by atoms with Crippen LogP contribution in [-0.2, 0) is 0 Å². The molecule has 0 aromatic rings. The van der Waals surface area contributed by atoms with Gasteiger partial charge in [-0.3, -0.25) is 0 Å². The lowest BCUT2D eigenvalue weighted by Gasteiger charge is -2.32. The summed E-state index contributed by atoms with van der Waals surface area (Å²) in [6, 6.07) is -0.565. The van der Waals surface area contributed by atoms with Crippen LogP contribution in [-0.4, -0.2) is 48.0 Å². The number of urea groups is 2. The number of nitrogens with two attached hydrogens (primary N) is 2. The van der Waals surface area contributed by atoms with E-state index in [2.05, 4.69) is 0 Å². The van der Waals surface area contributed by atoms with Gasteiger partial charge in [0.15, 0.2) is 0 Å². The summed E-state index contributed by atoms with van der Waals surface area (Å²) in [5, 5.41) is 0. The maximum absolute atomic E-state index is 11.1. The minimum atomic E-state index is -0.283. The van der Waals surface area contributed by atoms with Gasteiger partial charge in [-0.1, -0.05) is 19.3 Å². The normalized spacial score (nSPS) is 21.5. The molecule has 4 amide bonds. The van der Waals surface area contributed by atoms with Gasteiger partial charge >= 0.3 is 12.1 Å². The molecular weight excluding hydrogens is 268 g/mol. The Bertz CT molecular complexity index is 325. The third kappa shape index (κ3) is 4.79.